The van der Waals surface area contributed by atoms with Gasteiger partial charge in [0.05, 0.1) is 12.1 Å². The Hall–Kier alpha value is -1.83. The number of aliphatic hydroxyl groups is 1. The van der Waals surface area contributed by atoms with Crippen LogP contribution >= 0.6 is 0 Å². The van der Waals surface area contributed by atoms with Crippen molar-refractivity contribution in [2.75, 3.05) is 53.1 Å². The zero-order valence-corrected chi connectivity index (χ0v) is 13.9. The molecule has 3 aliphatic rings. The number of ether oxygens (including phenoxy) is 2. The van der Waals surface area contributed by atoms with Crippen LogP contribution in [0.3, 0.4) is 0 Å². The lowest BCUT2D eigenvalue weighted by Crippen LogP contribution is -2.52. The fourth-order valence-corrected chi connectivity index (χ4v) is 3.66. The highest BCUT2D eigenvalue weighted by atomic mass is 16.7. The number of hydrogen-bond acceptors (Lipinski definition) is 6. The fraction of sp³-hybridized carbons (Fsp3) is 0.588. The van der Waals surface area contributed by atoms with Gasteiger partial charge in [-0.2, -0.15) is 0 Å². The van der Waals surface area contributed by atoms with Gasteiger partial charge in [0.15, 0.2) is 11.5 Å². The van der Waals surface area contributed by atoms with E-state index in [9.17, 15) is 9.90 Å². The molecular weight excluding hydrogens is 310 g/mol. The van der Waals surface area contributed by atoms with Crippen LogP contribution in [-0.4, -0.2) is 91.0 Å². The number of benzene rings is 1. The molecule has 0 bridgehead atoms. The standard InChI is InChI=1S/C17H23N3O4/c1-18-4-6-19(7-5-18)13-9-20(10-14(13)21)17(22)12-2-3-15-16(8-12)24-11-23-15/h2-3,8,13-14,21H,4-7,9-11H2,1H3/t13-,14-/m1/s1. The molecule has 2 atom stereocenters. The summed E-state index contributed by atoms with van der Waals surface area (Å²) in [5, 5.41) is 10.4. The second kappa shape index (κ2) is 6.23. The van der Waals surface area contributed by atoms with Crippen LogP contribution in [0.5, 0.6) is 11.5 Å². The number of piperazine rings is 1. The maximum Gasteiger partial charge on any atom is 0.254 e. The highest BCUT2D eigenvalue weighted by Crippen LogP contribution is 2.33. The molecule has 130 valence electrons. The van der Waals surface area contributed by atoms with Crippen molar-refractivity contribution in [2.45, 2.75) is 12.1 Å². The van der Waals surface area contributed by atoms with E-state index in [1.807, 2.05) is 0 Å². The Balaban J connectivity index is 1.44. The summed E-state index contributed by atoms with van der Waals surface area (Å²) in [6.07, 6.45) is -0.494. The summed E-state index contributed by atoms with van der Waals surface area (Å²) in [4.78, 5) is 19.1. The Bertz CT molecular complexity index is 630. The van der Waals surface area contributed by atoms with Gasteiger partial charge in [0, 0.05) is 44.8 Å². The molecular formula is C17H23N3O4. The van der Waals surface area contributed by atoms with Crippen molar-refractivity contribution in [3.8, 4) is 11.5 Å². The minimum atomic E-state index is -0.494. The van der Waals surface area contributed by atoms with Gasteiger partial charge in [-0.3, -0.25) is 9.69 Å². The summed E-state index contributed by atoms with van der Waals surface area (Å²) in [6, 6.07) is 5.27. The fourth-order valence-electron chi connectivity index (χ4n) is 3.66. The van der Waals surface area contributed by atoms with E-state index in [1.165, 1.54) is 0 Å². The van der Waals surface area contributed by atoms with E-state index in [-0.39, 0.29) is 18.7 Å². The Kier molecular flexibility index (Phi) is 4.07. The van der Waals surface area contributed by atoms with Gasteiger partial charge in [-0.1, -0.05) is 0 Å². The molecule has 7 nitrogen and oxygen atoms in total. The van der Waals surface area contributed by atoms with E-state index in [2.05, 4.69) is 16.8 Å². The molecule has 1 aromatic carbocycles. The molecule has 4 rings (SSSR count). The van der Waals surface area contributed by atoms with Crippen LogP contribution in [0.15, 0.2) is 18.2 Å². The smallest absolute Gasteiger partial charge is 0.254 e. The second-order valence-electron chi connectivity index (χ2n) is 6.75. The van der Waals surface area contributed by atoms with Gasteiger partial charge in [0.2, 0.25) is 6.79 Å². The Labute approximate surface area is 141 Å². The minimum Gasteiger partial charge on any atom is -0.454 e. The average molecular weight is 333 g/mol. The first-order valence-corrected chi connectivity index (χ1v) is 8.41. The third kappa shape index (κ3) is 2.83. The Morgan fingerprint density at radius 1 is 1.12 bits per heavy atom. The molecule has 0 aromatic heterocycles. The molecule has 24 heavy (non-hydrogen) atoms. The molecule has 3 aliphatic heterocycles. The normalized spacial score (nSPS) is 27.7. The molecule has 1 amide bonds. The average Bonchev–Trinajstić information content (AvgIpc) is 3.20. The number of amides is 1. The van der Waals surface area contributed by atoms with E-state index in [0.717, 1.165) is 26.2 Å². The lowest BCUT2D eigenvalue weighted by molar-refractivity contribution is 0.0512. The summed E-state index contributed by atoms with van der Waals surface area (Å²) in [5.74, 6) is 1.21. The number of aliphatic hydroxyl groups excluding tert-OH is 1. The van der Waals surface area contributed by atoms with Crippen molar-refractivity contribution in [3.05, 3.63) is 23.8 Å². The minimum absolute atomic E-state index is 0.0247. The molecule has 0 spiro atoms. The maximum absolute atomic E-state index is 12.8. The zero-order chi connectivity index (χ0) is 16.7. The number of carbonyl (C=O) groups excluding carboxylic acids is 1. The van der Waals surface area contributed by atoms with Crippen LogP contribution in [0, 0.1) is 0 Å². The van der Waals surface area contributed by atoms with E-state index in [4.69, 9.17) is 9.47 Å². The first-order chi connectivity index (χ1) is 11.6. The Morgan fingerprint density at radius 3 is 2.67 bits per heavy atom. The summed E-state index contributed by atoms with van der Waals surface area (Å²) in [7, 11) is 2.11. The van der Waals surface area contributed by atoms with E-state index < -0.39 is 6.10 Å². The van der Waals surface area contributed by atoms with Crippen LogP contribution in [0.4, 0.5) is 0 Å². The van der Waals surface area contributed by atoms with Crippen molar-refractivity contribution in [1.29, 1.82) is 0 Å². The van der Waals surface area contributed by atoms with Gasteiger partial charge in [0.1, 0.15) is 0 Å². The van der Waals surface area contributed by atoms with Crippen molar-refractivity contribution in [2.24, 2.45) is 0 Å². The number of β-amino-alcohol motifs (C(OH)–C–C–N with tert-alkyl or cyclic N) is 1. The molecule has 0 aliphatic carbocycles. The van der Waals surface area contributed by atoms with Gasteiger partial charge in [0.25, 0.3) is 5.91 Å². The topological polar surface area (TPSA) is 65.5 Å². The number of fused-ring (bicyclic) bond motifs is 1. The molecule has 3 heterocycles. The van der Waals surface area contributed by atoms with Crippen LogP contribution < -0.4 is 9.47 Å². The predicted molar refractivity (Wildman–Crippen MR) is 87.3 cm³/mol. The monoisotopic (exact) mass is 333 g/mol. The summed E-state index contributed by atoms with van der Waals surface area (Å²) in [6.45, 7) is 5.01. The lowest BCUT2D eigenvalue weighted by atomic mass is 10.1. The molecule has 2 fully saturated rings. The largest absolute Gasteiger partial charge is 0.454 e. The SMILES string of the molecule is CN1CCN([C@@H]2CN(C(=O)c3ccc4c(c3)OCO4)C[C@H]2O)CC1. The third-order valence-electron chi connectivity index (χ3n) is 5.17. The first kappa shape index (κ1) is 15.7. The van der Waals surface area contributed by atoms with Gasteiger partial charge in [-0.05, 0) is 25.2 Å². The molecule has 0 saturated carbocycles. The van der Waals surface area contributed by atoms with Crippen LogP contribution in [-0.2, 0) is 0 Å². The van der Waals surface area contributed by atoms with Crippen LogP contribution in [0.1, 0.15) is 10.4 Å². The number of likely N-dealkylation sites (tertiary alicyclic amines) is 1. The highest BCUT2D eigenvalue weighted by molar-refractivity contribution is 5.95. The summed E-state index contributed by atoms with van der Waals surface area (Å²) < 4.78 is 10.6. The lowest BCUT2D eigenvalue weighted by Gasteiger charge is -2.37. The number of likely N-dealkylation sites (N-methyl/N-ethyl adjacent to an activating group) is 1. The van der Waals surface area contributed by atoms with E-state index in [0.29, 0.717) is 30.2 Å². The molecule has 2 saturated heterocycles. The third-order valence-corrected chi connectivity index (χ3v) is 5.17. The van der Waals surface area contributed by atoms with Crippen LogP contribution in [0.2, 0.25) is 0 Å². The van der Waals surface area contributed by atoms with Crippen molar-refractivity contribution < 1.29 is 19.4 Å². The first-order valence-electron chi connectivity index (χ1n) is 8.41. The maximum atomic E-state index is 12.8. The van der Waals surface area contributed by atoms with Gasteiger partial charge >= 0.3 is 0 Å². The number of hydrogen-bond donors (Lipinski definition) is 1. The number of carbonyl (C=O) groups is 1. The van der Waals surface area contributed by atoms with Crippen LogP contribution in [0.25, 0.3) is 0 Å². The second-order valence-corrected chi connectivity index (χ2v) is 6.75. The number of rotatable bonds is 2. The highest BCUT2D eigenvalue weighted by Gasteiger charge is 2.38. The number of nitrogens with zero attached hydrogens (tertiary/aromatic N) is 3. The van der Waals surface area contributed by atoms with Gasteiger partial charge in [-0.15, -0.1) is 0 Å². The molecule has 1 N–H and O–H groups in total. The van der Waals surface area contributed by atoms with Gasteiger partial charge < -0.3 is 24.4 Å². The van der Waals surface area contributed by atoms with E-state index in [1.54, 1.807) is 23.1 Å². The predicted octanol–water partition coefficient (Wildman–Crippen LogP) is -0.152. The van der Waals surface area contributed by atoms with E-state index >= 15 is 0 Å². The molecule has 7 heteroatoms. The Morgan fingerprint density at radius 2 is 1.88 bits per heavy atom. The molecule has 0 unspecified atom stereocenters. The van der Waals surface area contributed by atoms with Crippen molar-refractivity contribution >= 4 is 5.91 Å². The van der Waals surface area contributed by atoms with Crippen molar-refractivity contribution in [1.82, 2.24) is 14.7 Å². The zero-order valence-electron chi connectivity index (χ0n) is 13.9. The van der Waals surface area contributed by atoms with Gasteiger partial charge in [-0.25, -0.2) is 0 Å². The summed E-state index contributed by atoms with van der Waals surface area (Å²) in [5.41, 5.74) is 0.575. The molecule has 0 radical (unpaired) electrons. The summed E-state index contributed by atoms with van der Waals surface area (Å²) >= 11 is 0. The van der Waals surface area contributed by atoms with Crippen molar-refractivity contribution in [3.63, 3.8) is 0 Å². The molecule has 1 aromatic rings. The quantitative estimate of drug-likeness (QED) is 0.812.